The highest BCUT2D eigenvalue weighted by Crippen LogP contribution is 2.41. The van der Waals surface area contributed by atoms with E-state index in [4.69, 9.17) is 5.73 Å². The molecule has 202 valence electrons. The molecule has 36 heavy (non-hydrogen) atoms. The van der Waals surface area contributed by atoms with Crippen molar-refractivity contribution in [3.63, 3.8) is 0 Å². The first-order valence-electron chi connectivity index (χ1n) is 13.7. The van der Waals surface area contributed by atoms with Gasteiger partial charge in [0.1, 0.15) is 6.23 Å². The number of thiol groups is 1. The lowest BCUT2D eigenvalue weighted by atomic mass is 9.72. The molecule has 0 aromatic rings. The molecule has 0 spiro atoms. The van der Waals surface area contributed by atoms with E-state index in [1.54, 1.807) is 16.6 Å². The minimum absolute atomic E-state index is 0.0526. The SMILES string of the molecule is C=C1C=CCNC1C(CC)C(=C1CCN(C/C(N)=C/S)CC1)C1CCC=C(C(O)N(C)CCO)CC1. The van der Waals surface area contributed by atoms with Gasteiger partial charge in [-0.15, -0.1) is 12.6 Å². The summed E-state index contributed by atoms with van der Waals surface area (Å²) in [6, 6.07) is 0.278. The smallest absolute Gasteiger partial charge is 0.129 e. The van der Waals surface area contributed by atoms with Gasteiger partial charge in [0.25, 0.3) is 0 Å². The summed E-state index contributed by atoms with van der Waals surface area (Å²) >= 11 is 4.22. The van der Waals surface area contributed by atoms with Crippen molar-refractivity contribution < 1.29 is 10.2 Å². The molecule has 0 amide bonds. The van der Waals surface area contributed by atoms with Crippen molar-refractivity contribution in [2.75, 3.05) is 46.4 Å². The van der Waals surface area contributed by atoms with Crippen LogP contribution >= 0.6 is 12.6 Å². The Balaban J connectivity index is 1.84. The quantitative estimate of drug-likeness (QED) is 0.173. The monoisotopic (exact) mass is 516 g/mol. The van der Waals surface area contributed by atoms with Crippen molar-refractivity contribution in [1.29, 1.82) is 0 Å². The molecule has 0 radical (unpaired) electrons. The highest BCUT2D eigenvalue weighted by molar-refractivity contribution is 7.83. The van der Waals surface area contributed by atoms with E-state index < -0.39 is 6.23 Å². The second-order valence-electron chi connectivity index (χ2n) is 10.6. The maximum Gasteiger partial charge on any atom is 0.129 e. The summed E-state index contributed by atoms with van der Waals surface area (Å²) in [5, 5.41) is 25.6. The third-order valence-corrected chi connectivity index (χ3v) is 8.55. The number of likely N-dealkylation sites (tertiary alicyclic amines) is 1. The molecule has 5 N–H and O–H groups in total. The Labute approximate surface area is 224 Å². The molecule has 3 rings (SSSR count). The number of nitrogens with two attached hydrogens (primary N) is 1. The van der Waals surface area contributed by atoms with Crippen LogP contribution in [-0.2, 0) is 0 Å². The van der Waals surface area contributed by atoms with E-state index in [0.717, 1.165) is 82.4 Å². The van der Waals surface area contributed by atoms with E-state index in [1.807, 2.05) is 11.9 Å². The normalized spacial score (nSPS) is 26.1. The molecule has 0 aromatic heterocycles. The summed E-state index contributed by atoms with van der Waals surface area (Å²) in [7, 11) is 1.88. The molecule has 0 bridgehead atoms. The first-order chi connectivity index (χ1) is 17.4. The number of nitrogens with one attached hydrogen (secondary N) is 1. The molecule has 7 heteroatoms. The topological polar surface area (TPSA) is 85.0 Å². The van der Waals surface area contributed by atoms with Crippen molar-refractivity contribution in [2.24, 2.45) is 17.6 Å². The van der Waals surface area contributed by atoms with Crippen LogP contribution in [0.15, 0.2) is 58.2 Å². The minimum Gasteiger partial charge on any atom is -0.401 e. The minimum atomic E-state index is -0.618. The largest absolute Gasteiger partial charge is 0.401 e. The fourth-order valence-electron chi connectivity index (χ4n) is 6.26. The lowest BCUT2D eigenvalue weighted by Crippen LogP contribution is -2.42. The number of hydrogen-bond donors (Lipinski definition) is 5. The van der Waals surface area contributed by atoms with Crippen LogP contribution in [0.2, 0.25) is 0 Å². The first-order valence-corrected chi connectivity index (χ1v) is 14.2. The molecular formula is C29H48N4O2S. The van der Waals surface area contributed by atoms with E-state index in [-0.39, 0.29) is 12.6 Å². The van der Waals surface area contributed by atoms with E-state index in [1.165, 1.54) is 5.57 Å². The Bertz CT molecular complexity index is 855. The van der Waals surface area contributed by atoms with Crippen molar-refractivity contribution in [3.05, 3.63) is 58.2 Å². The average molecular weight is 517 g/mol. The van der Waals surface area contributed by atoms with Gasteiger partial charge in [0, 0.05) is 44.5 Å². The number of likely N-dealkylation sites (N-methyl/N-ethyl adjacent to an activating group) is 1. The molecule has 0 aromatic carbocycles. The van der Waals surface area contributed by atoms with Gasteiger partial charge in [0.15, 0.2) is 0 Å². The fraction of sp³-hybridized carbons (Fsp3) is 0.655. The van der Waals surface area contributed by atoms with Crippen molar-refractivity contribution in [2.45, 2.75) is 64.1 Å². The predicted molar refractivity (Wildman–Crippen MR) is 154 cm³/mol. The Kier molecular flexibility index (Phi) is 11.8. The van der Waals surface area contributed by atoms with Crippen LogP contribution in [0.3, 0.4) is 0 Å². The van der Waals surface area contributed by atoms with Crippen LogP contribution in [0.5, 0.6) is 0 Å². The molecule has 3 aliphatic rings. The van der Waals surface area contributed by atoms with Crippen LogP contribution < -0.4 is 11.1 Å². The summed E-state index contributed by atoms with van der Waals surface area (Å²) in [5.41, 5.74) is 12.4. The zero-order valence-electron chi connectivity index (χ0n) is 22.3. The number of allylic oxidation sites excluding steroid dienone is 1. The Hall–Kier alpha value is -1.35. The van der Waals surface area contributed by atoms with Gasteiger partial charge in [-0.1, -0.05) is 42.9 Å². The van der Waals surface area contributed by atoms with Gasteiger partial charge < -0.3 is 21.3 Å². The molecular weight excluding hydrogens is 468 g/mol. The van der Waals surface area contributed by atoms with Crippen LogP contribution in [0.25, 0.3) is 0 Å². The maximum absolute atomic E-state index is 10.9. The Morgan fingerprint density at radius 2 is 2.08 bits per heavy atom. The standard InChI is InChI=1S/C29H48N4O2S/c1-4-26(28-21(2)7-6-14-31-28)27(23-12-15-33(16-13-23)19-25(30)20-36)22-8-5-9-24(11-10-22)29(35)32(3)17-18-34/h6-7,9,20,22,26,28-29,31,34-36H,2,4-5,8,10-19,30H2,1,3H3/b25-20-. The molecule has 4 unspecified atom stereocenters. The molecule has 6 nitrogen and oxygen atoms in total. The van der Waals surface area contributed by atoms with Gasteiger partial charge in [-0.05, 0) is 80.4 Å². The first kappa shape index (κ1) is 29.2. The third-order valence-electron chi connectivity index (χ3n) is 8.21. The van der Waals surface area contributed by atoms with Gasteiger partial charge in [0.05, 0.1) is 6.61 Å². The lowest BCUT2D eigenvalue weighted by molar-refractivity contribution is 0.0382. The average Bonchev–Trinajstić information content (AvgIpc) is 3.14. The van der Waals surface area contributed by atoms with Gasteiger partial charge in [-0.25, -0.2) is 0 Å². The zero-order valence-corrected chi connectivity index (χ0v) is 23.2. The summed E-state index contributed by atoms with van der Waals surface area (Å²) in [6.45, 7) is 11.0. The molecule has 2 aliphatic heterocycles. The number of nitrogens with zero attached hydrogens (tertiary/aromatic N) is 2. The summed E-state index contributed by atoms with van der Waals surface area (Å²) in [4.78, 5) is 4.27. The van der Waals surface area contributed by atoms with Gasteiger partial charge >= 0.3 is 0 Å². The van der Waals surface area contributed by atoms with Gasteiger partial charge in [0.2, 0.25) is 0 Å². The Morgan fingerprint density at radius 1 is 1.33 bits per heavy atom. The number of aliphatic hydroxyl groups is 2. The summed E-state index contributed by atoms with van der Waals surface area (Å²) in [5.74, 6) is 0.934. The van der Waals surface area contributed by atoms with Crippen molar-refractivity contribution in [3.8, 4) is 0 Å². The molecule has 4 atom stereocenters. The second kappa shape index (κ2) is 14.6. The van der Waals surface area contributed by atoms with E-state index >= 15 is 0 Å². The molecule has 1 aliphatic carbocycles. The second-order valence-corrected chi connectivity index (χ2v) is 10.8. The maximum atomic E-state index is 10.9. The number of rotatable bonds is 10. The molecule has 2 heterocycles. The highest BCUT2D eigenvalue weighted by Gasteiger charge is 2.34. The van der Waals surface area contributed by atoms with E-state index in [0.29, 0.717) is 18.4 Å². The van der Waals surface area contributed by atoms with Crippen LogP contribution in [0.4, 0.5) is 0 Å². The third kappa shape index (κ3) is 7.59. The van der Waals surface area contributed by atoms with Crippen LogP contribution in [0.1, 0.15) is 51.9 Å². The van der Waals surface area contributed by atoms with Crippen LogP contribution in [-0.4, -0.2) is 78.7 Å². The number of aliphatic hydroxyl groups excluding tert-OH is 2. The van der Waals surface area contributed by atoms with Crippen LogP contribution in [0, 0.1) is 11.8 Å². The molecule has 0 saturated carbocycles. The summed E-state index contributed by atoms with van der Waals surface area (Å²) < 4.78 is 0. The molecule has 1 saturated heterocycles. The number of hydrogen-bond acceptors (Lipinski definition) is 7. The van der Waals surface area contributed by atoms with E-state index in [9.17, 15) is 10.2 Å². The molecule has 1 fully saturated rings. The predicted octanol–water partition coefficient (Wildman–Crippen LogP) is 3.58. The fourth-order valence-corrected chi connectivity index (χ4v) is 6.35. The van der Waals surface area contributed by atoms with Gasteiger partial charge in [-0.3, -0.25) is 9.80 Å². The van der Waals surface area contributed by atoms with Crippen molar-refractivity contribution in [1.82, 2.24) is 15.1 Å². The lowest BCUT2D eigenvalue weighted by Gasteiger charge is -2.39. The number of piperidine rings is 1. The van der Waals surface area contributed by atoms with E-state index in [2.05, 4.69) is 54.6 Å². The van der Waals surface area contributed by atoms with Crippen molar-refractivity contribution >= 4 is 12.6 Å². The Morgan fingerprint density at radius 3 is 2.72 bits per heavy atom. The van der Waals surface area contributed by atoms with Gasteiger partial charge in [-0.2, -0.15) is 0 Å². The zero-order chi connectivity index (χ0) is 26.1. The summed E-state index contributed by atoms with van der Waals surface area (Å²) in [6.07, 6.45) is 13.3. The highest BCUT2D eigenvalue weighted by atomic mass is 32.1.